The number of nitrogens with one attached hydrogen (secondary N) is 1. The van der Waals surface area contributed by atoms with E-state index in [0.29, 0.717) is 18.0 Å². The maximum Gasteiger partial charge on any atom is 0.265 e. The van der Waals surface area contributed by atoms with E-state index in [4.69, 9.17) is 0 Å². The molecule has 1 aromatic carbocycles. The SMILES string of the molecule is CCN(CC)S(=O)(=O)c1ccc(O)c(NC(=O)c2cc3c(s2)CCCC3)c1. The molecule has 0 unspecified atom stereocenters. The van der Waals surface area contributed by atoms with E-state index in [1.165, 1.54) is 44.3 Å². The lowest BCUT2D eigenvalue weighted by atomic mass is 9.99. The van der Waals surface area contributed by atoms with Crippen molar-refractivity contribution in [1.82, 2.24) is 4.31 Å². The van der Waals surface area contributed by atoms with Crippen LogP contribution in [0.15, 0.2) is 29.2 Å². The molecule has 2 N–H and O–H groups in total. The Balaban J connectivity index is 1.86. The highest BCUT2D eigenvalue weighted by atomic mass is 32.2. The molecule has 146 valence electrons. The molecule has 8 heteroatoms. The zero-order valence-corrected chi connectivity index (χ0v) is 17.1. The van der Waals surface area contributed by atoms with E-state index in [2.05, 4.69) is 5.32 Å². The summed E-state index contributed by atoms with van der Waals surface area (Å²) in [5.41, 5.74) is 1.32. The van der Waals surface area contributed by atoms with Gasteiger partial charge in [-0.1, -0.05) is 13.8 Å². The largest absolute Gasteiger partial charge is 0.506 e. The number of carbonyl (C=O) groups excluding carboxylic acids is 1. The van der Waals surface area contributed by atoms with Crippen LogP contribution in [0.5, 0.6) is 5.75 Å². The van der Waals surface area contributed by atoms with Crippen molar-refractivity contribution in [1.29, 1.82) is 0 Å². The second-order valence-electron chi connectivity index (χ2n) is 6.49. The molecule has 1 amide bonds. The number of benzene rings is 1. The average Bonchev–Trinajstić information content (AvgIpc) is 3.08. The second kappa shape index (κ2) is 8.00. The fourth-order valence-corrected chi connectivity index (χ4v) is 5.91. The van der Waals surface area contributed by atoms with Gasteiger partial charge < -0.3 is 10.4 Å². The van der Waals surface area contributed by atoms with Crippen LogP contribution in [-0.4, -0.2) is 36.8 Å². The van der Waals surface area contributed by atoms with Gasteiger partial charge in [0.1, 0.15) is 5.75 Å². The summed E-state index contributed by atoms with van der Waals surface area (Å²) in [6, 6.07) is 5.87. The van der Waals surface area contributed by atoms with Crippen LogP contribution in [0.4, 0.5) is 5.69 Å². The van der Waals surface area contributed by atoms with Crippen molar-refractivity contribution in [3.05, 3.63) is 39.6 Å². The van der Waals surface area contributed by atoms with Crippen molar-refractivity contribution >= 4 is 33.0 Å². The Morgan fingerprint density at radius 3 is 2.56 bits per heavy atom. The molecule has 0 bridgehead atoms. The fraction of sp³-hybridized carbons (Fsp3) is 0.421. The maximum absolute atomic E-state index is 12.7. The molecule has 1 aliphatic carbocycles. The molecule has 0 saturated heterocycles. The number of rotatable bonds is 6. The van der Waals surface area contributed by atoms with Crippen LogP contribution in [0.1, 0.15) is 46.8 Å². The van der Waals surface area contributed by atoms with Gasteiger partial charge in [-0.3, -0.25) is 4.79 Å². The molecule has 0 spiro atoms. The van der Waals surface area contributed by atoms with Crippen molar-refractivity contribution in [3.8, 4) is 5.75 Å². The number of aromatic hydroxyl groups is 1. The van der Waals surface area contributed by atoms with E-state index in [0.717, 1.165) is 25.7 Å². The first-order valence-electron chi connectivity index (χ1n) is 9.13. The second-order valence-corrected chi connectivity index (χ2v) is 9.56. The van der Waals surface area contributed by atoms with Gasteiger partial charge in [0.25, 0.3) is 5.91 Å². The predicted molar refractivity (Wildman–Crippen MR) is 107 cm³/mol. The molecule has 1 aromatic heterocycles. The van der Waals surface area contributed by atoms with E-state index in [1.54, 1.807) is 13.8 Å². The first-order chi connectivity index (χ1) is 12.9. The number of hydrogen-bond donors (Lipinski definition) is 2. The molecule has 6 nitrogen and oxygen atoms in total. The zero-order valence-electron chi connectivity index (χ0n) is 15.5. The molecular weight excluding hydrogens is 384 g/mol. The van der Waals surface area contributed by atoms with Gasteiger partial charge >= 0.3 is 0 Å². The quantitative estimate of drug-likeness (QED) is 0.715. The number of fused-ring (bicyclic) bond motifs is 1. The molecule has 1 heterocycles. The lowest BCUT2D eigenvalue weighted by Gasteiger charge is -2.19. The monoisotopic (exact) mass is 408 g/mol. The first-order valence-corrected chi connectivity index (χ1v) is 11.4. The number of phenolic OH excluding ortho intramolecular Hbond substituents is 1. The zero-order chi connectivity index (χ0) is 19.6. The number of nitrogens with zero attached hydrogens (tertiary/aromatic N) is 1. The first kappa shape index (κ1) is 19.9. The Bertz CT molecular complexity index is 923. The molecule has 0 atom stereocenters. The van der Waals surface area contributed by atoms with Crippen LogP contribution >= 0.6 is 11.3 Å². The molecule has 0 saturated carbocycles. The van der Waals surface area contributed by atoms with E-state index in [-0.39, 0.29) is 22.2 Å². The lowest BCUT2D eigenvalue weighted by molar-refractivity contribution is 0.103. The number of anilines is 1. The van der Waals surface area contributed by atoms with E-state index < -0.39 is 10.0 Å². The number of amides is 1. The summed E-state index contributed by atoms with van der Waals surface area (Å²) in [6.07, 6.45) is 4.26. The number of thiophene rings is 1. The standard InChI is InChI=1S/C19H24N2O4S2/c1-3-21(4-2)27(24,25)14-9-10-16(22)15(12-14)20-19(23)18-11-13-7-5-6-8-17(13)26-18/h9-12,22H,3-8H2,1-2H3,(H,20,23). The highest BCUT2D eigenvalue weighted by Crippen LogP contribution is 2.32. The molecule has 0 fully saturated rings. The highest BCUT2D eigenvalue weighted by Gasteiger charge is 2.24. The topological polar surface area (TPSA) is 86.7 Å². The Morgan fingerprint density at radius 2 is 1.89 bits per heavy atom. The summed E-state index contributed by atoms with van der Waals surface area (Å²) in [7, 11) is -3.67. The predicted octanol–water partition coefficient (Wildman–Crippen LogP) is 3.62. The van der Waals surface area contributed by atoms with Crippen LogP contribution in [0.25, 0.3) is 0 Å². The van der Waals surface area contributed by atoms with E-state index in [9.17, 15) is 18.3 Å². The summed E-state index contributed by atoms with van der Waals surface area (Å²) < 4.78 is 26.7. The van der Waals surface area contributed by atoms with Gasteiger partial charge in [0, 0.05) is 18.0 Å². The van der Waals surface area contributed by atoms with Gasteiger partial charge in [0.05, 0.1) is 15.5 Å². The van der Waals surface area contributed by atoms with Gasteiger partial charge in [-0.15, -0.1) is 11.3 Å². The van der Waals surface area contributed by atoms with Gasteiger partial charge in [0.15, 0.2) is 0 Å². The smallest absolute Gasteiger partial charge is 0.265 e. The van der Waals surface area contributed by atoms with Crippen molar-refractivity contribution in [2.75, 3.05) is 18.4 Å². The van der Waals surface area contributed by atoms with Crippen LogP contribution in [0.2, 0.25) is 0 Å². The number of sulfonamides is 1. The van der Waals surface area contributed by atoms with Crippen molar-refractivity contribution < 1.29 is 18.3 Å². The third-order valence-electron chi connectivity index (χ3n) is 4.78. The Labute approximate surface area is 163 Å². The Morgan fingerprint density at radius 1 is 1.19 bits per heavy atom. The van der Waals surface area contributed by atoms with Crippen LogP contribution in [-0.2, 0) is 22.9 Å². The number of carbonyl (C=O) groups is 1. The number of phenols is 1. The number of aryl methyl sites for hydroxylation is 2. The third-order valence-corrected chi connectivity index (χ3v) is 8.06. The summed E-state index contributed by atoms with van der Waals surface area (Å²) in [5, 5.41) is 12.8. The summed E-state index contributed by atoms with van der Waals surface area (Å²) >= 11 is 1.47. The Kier molecular flexibility index (Phi) is 5.88. The molecule has 3 rings (SSSR count). The van der Waals surface area contributed by atoms with Crippen molar-refractivity contribution in [2.45, 2.75) is 44.4 Å². The van der Waals surface area contributed by atoms with Crippen LogP contribution < -0.4 is 5.32 Å². The molecule has 1 aliphatic rings. The van der Waals surface area contributed by atoms with Gasteiger partial charge in [-0.25, -0.2) is 8.42 Å². The van der Waals surface area contributed by atoms with Gasteiger partial charge in [-0.2, -0.15) is 4.31 Å². The van der Waals surface area contributed by atoms with Crippen LogP contribution in [0, 0.1) is 0 Å². The molecule has 27 heavy (non-hydrogen) atoms. The summed E-state index contributed by atoms with van der Waals surface area (Å²) in [4.78, 5) is 14.5. The average molecular weight is 409 g/mol. The van der Waals surface area contributed by atoms with Crippen molar-refractivity contribution in [3.63, 3.8) is 0 Å². The molecule has 2 aromatic rings. The summed E-state index contributed by atoms with van der Waals surface area (Å²) in [6.45, 7) is 4.23. The number of hydrogen-bond acceptors (Lipinski definition) is 5. The summed E-state index contributed by atoms with van der Waals surface area (Å²) in [5.74, 6) is -0.495. The van der Waals surface area contributed by atoms with Crippen LogP contribution in [0.3, 0.4) is 0 Å². The third kappa shape index (κ3) is 4.02. The Hall–Kier alpha value is -1.90. The molecule has 0 aliphatic heterocycles. The molecule has 0 radical (unpaired) electrons. The van der Waals surface area contributed by atoms with Crippen molar-refractivity contribution in [2.24, 2.45) is 0 Å². The minimum atomic E-state index is -3.67. The minimum absolute atomic E-state index is 0.0461. The highest BCUT2D eigenvalue weighted by molar-refractivity contribution is 7.89. The van der Waals surface area contributed by atoms with E-state index >= 15 is 0 Å². The van der Waals surface area contributed by atoms with E-state index in [1.807, 2.05) is 6.07 Å². The van der Waals surface area contributed by atoms with Gasteiger partial charge in [0.2, 0.25) is 10.0 Å². The maximum atomic E-state index is 12.7. The fourth-order valence-electron chi connectivity index (χ4n) is 3.27. The lowest BCUT2D eigenvalue weighted by Crippen LogP contribution is -2.30. The van der Waals surface area contributed by atoms with Gasteiger partial charge in [-0.05, 0) is 55.5 Å². The normalized spacial score (nSPS) is 14.2. The minimum Gasteiger partial charge on any atom is -0.506 e. The molecular formula is C19H24N2O4S2.